The smallest absolute Gasteiger partial charge is 0.435 e. The number of nitrogens with one attached hydrogen (secondary N) is 4. The van der Waals surface area contributed by atoms with Crippen molar-refractivity contribution < 1.29 is 33.6 Å². The Hall–Kier alpha value is -7.03. The molecule has 18 nitrogen and oxygen atoms in total. The molecule has 0 bridgehead atoms. The van der Waals surface area contributed by atoms with Crippen molar-refractivity contribution in [3.8, 4) is 6.07 Å². The van der Waals surface area contributed by atoms with Crippen LogP contribution in [0.15, 0.2) is 42.6 Å². The van der Waals surface area contributed by atoms with Gasteiger partial charge in [-0.05, 0) is 98.3 Å². The van der Waals surface area contributed by atoms with Gasteiger partial charge in [0.25, 0.3) is 0 Å². The molecule has 2 aromatic heterocycles. The molecule has 0 unspecified atom stereocenters. The van der Waals surface area contributed by atoms with Crippen LogP contribution >= 0.6 is 0 Å². The number of ether oxygens (including phenoxy) is 1. The first-order chi connectivity index (χ1) is 32.0. The van der Waals surface area contributed by atoms with E-state index in [2.05, 4.69) is 63.7 Å². The number of likely N-dealkylation sites (N-methyl/N-ethyl adjacent to an activating group) is 1. The fourth-order valence-corrected chi connectivity index (χ4v) is 8.99. The highest BCUT2D eigenvalue weighted by atomic mass is 16.6. The summed E-state index contributed by atoms with van der Waals surface area (Å²) in [5, 5.41) is 30.2. The molecular formula is C50H64N10O8. The zero-order valence-electron chi connectivity index (χ0n) is 40.8. The van der Waals surface area contributed by atoms with Crippen LogP contribution in [0.1, 0.15) is 132 Å². The van der Waals surface area contributed by atoms with Crippen LogP contribution in [0.4, 0.5) is 16.4 Å². The maximum absolute atomic E-state index is 14.1. The van der Waals surface area contributed by atoms with Gasteiger partial charge in [-0.3, -0.25) is 19.2 Å². The normalized spacial score (nSPS) is 15.6. The molecule has 1 aliphatic carbocycles. The van der Waals surface area contributed by atoms with Crippen LogP contribution in [-0.4, -0.2) is 105 Å². The average molecular weight is 933 g/mol. The average Bonchev–Trinajstić information content (AvgIpc) is 3.89. The van der Waals surface area contributed by atoms with Gasteiger partial charge < -0.3 is 45.6 Å². The third-order valence-corrected chi connectivity index (χ3v) is 12.6. The molecule has 1 fully saturated rings. The number of anilines is 1. The lowest BCUT2D eigenvalue weighted by Crippen LogP contribution is -2.57. The molecule has 1 aliphatic heterocycles. The van der Waals surface area contributed by atoms with Crippen LogP contribution in [0.25, 0.3) is 17.0 Å². The molecule has 362 valence electrons. The van der Waals surface area contributed by atoms with E-state index in [1.807, 2.05) is 17.0 Å². The van der Waals surface area contributed by atoms with Crippen molar-refractivity contribution in [1.82, 2.24) is 35.4 Å². The molecule has 4 aromatic rings. The Bertz CT molecular complexity index is 2680. The van der Waals surface area contributed by atoms with Gasteiger partial charge in [0, 0.05) is 72.9 Å². The van der Waals surface area contributed by atoms with Gasteiger partial charge in [0.15, 0.2) is 11.5 Å². The van der Waals surface area contributed by atoms with Crippen LogP contribution in [-0.2, 0) is 37.5 Å². The molecule has 18 heteroatoms. The largest absolute Gasteiger partial charge is 0.444 e. The summed E-state index contributed by atoms with van der Waals surface area (Å²) >= 11 is 0. The molecule has 4 N–H and O–H groups in total. The second kappa shape index (κ2) is 20.1. The molecule has 4 amide bonds. The standard InChI is InChI=1S/C50H64N10O8/c1-11-31-26-34-35(50(8,9)42-40(41(34)62)33-19-18-30(28-51)25-37(33)54-42)27-38(31)57-21-23-58(24-22-57)39(61)17-13-12-15-32-29-59(46(53-32)60(66)67)20-14-16-36(55-47(65)68-49(5,6)7)44(63)56-43(45(64)52-10)48(2,3)4/h12,15,18-19,25-27,29,36,43,54H,11,13-14,16-17,20-24H2,1-10H3,(H,52,64)(H,55,65)(H,56,63)/b15-12+/t36-,43+/m0/s1. The molecular weight excluding hydrogens is 869 g/mol. The number of nitrogens with zero attached hydrogens (tertiary/aromatic N) is 6. The fourth-order valence-electron chi connectivity index (χ4n) is 8.99. The van der Waals surface area contributed by atoms with Crippen LogP contribution in [0, 0.1) is 26.9 Å². The van der Waals surface area contributed by atoms with Crippen LogP contribution < -0.4 is 20.9 Å². The number of ketones is 1. The first-order valence-electron chi connectivity index (χ1n) is 23.2. The molecule has 2 aromatic carbocycles. The number of allylic oxidation sites excluding steroid dienone is 1. The Labute approximate surface area is 397 Å². The topological polar surface area (TPSA) is 238 Å². The Morgan fingerprint density at radius 2 is 1.75 bits per heavy atom. The number of carbonyl (C=O) groups is 5. The highest BCUT2D eigenvalue weighted by Gasteiger charge is 2.41. The lowest BCUT2D eigenvalue weighted by Gasteiger charge is -2.39. The summed E-state index contributed by atoms with van der Waals surface area (Å²) in [5.41, 5.74) is 4.83. The van der Waals surface area contributed by atoms with Crippen molar-refractivity contribution >= 4 is 58.2 Å². The Morgan fingerprint density at radius 1 is 1.04 bits per heavy atom. The molecule has 6 rings (SSSR count). The zero-order valence-corrected chi connectivity index (χ0v) is 40.8. The van der Waals surface area contributed by atoms with Gasteiger partial charge in [0.1, 0.15) is 23.9 Å². The first kappa shape index (κ1) is 50.4. The summed E-state index contributed by atoms with van der Waals surface area (Å²) in [6, 6.07) is 9.71. The van der Waals surface area contributed by atoms with Gasteiger partial charge in [0.2, 0.25) is 17.7 Å². The van der Waals surface area contributed by atoms with E-state index in [1.54, 1.807) is 65.8 Å². The molecule has 3 heterocycles. The third-order valence-electron chi connectivity index (χ3n) is 12.6. The van der Waals surface area contributed by atoms with E-state index >= 15 is 0 Å². The molecule has 2 aliphatic rings. The summed E-state index contributed by atoms with van der Waals surface area (Å²) in [6.07, 6.45) is 5.74. The van der Waals surface area contributed by atoms with E-state index in [9.17, 15) is 39.3 Å². The van der Waals surface area contributed by atoms with Gasteiger partial charge in [0.05, 0.1) is 23.7 Å². The number of hydrogen-bond acceptors (Lipinski definition) is 11. The van der Waals surface area contributed by atoms with Crippen LogP contribution in [0.5, 0.6) is 0 Å². The van der Waals surface area contributed by atoms with Gasteiger partial charge >= 0.3 is 12.0 Å². The summed E-state index contributed by atoms with van der Waals surface area (Å²) in [6.45, 7) is 19.1. The van der Waals surface area contributed by atoms with Crippen molar-refractivity contribution in [3.05, 3.63) is 91.9 Å². The first-order valence-corrected chi connectivity index (χ1v) is 23.2. The summed E-state index contributed by atoms with van der Waals surface area (Å²) in [5.74, 6) is -1.44. The number of aromatic amines is 1. The molecule has 68 heavy (non-hydrogen) atoms. The summed E-state index contributed by atoms with van der Waals surface area (Å²) < 4.78 is 6.75. The third kappa shape index (κ3) is 11.0. The van der Waals surface area contributed by atoms with Crippen molar-refractivity contribution in [2.24, 2.45) is 5.41 Å². The van der Waals surface area contributed by atoms with Crippen LogP contribution in [0.2, 0.25) is 0 Å². The summed E-state index contributed by atoms with van der Waals surface area (Å²) in [7, 11) is 1.47. The molecule has 0 spiro atoms. The van der Waals surface area contributed by atoms with E-state index in [0.717, 1.165) is 39.8 Å². The van der Waals surface area contributed by atoms with Crippen molar-refractivity contribution in [3.63, 3.8) is 0 Å². The SMILES string of the molecule is CCc1cc2c(cc1N1CCN(C(=O)CC/C=C/c3cn(CCC[C@H](NC(=O)OC(C)(C)C)C(=O)N[C@H](C(=O)NC)C(C)(C)C)c([N+](=O)[O-])n3)CC1)C(C)(C)c1[nH]c3cc(C#N)ccc3c1C2=O. The van der Waals surface area contributed by atoms with Crippen molar-refractivity contribution in [2.45, 2.75) is 124 Å². The van der Waals surface area contributed by atoms with E-state index in [0.29, 0.717) is 55.0 Å². The Balaban J connectivity index is 1.05. The number of fused-ring (bicyclic) bond motifs is 4. The Morgan fingerprint density at radius 3 is 2.37 bits per heavy atom. The monoisotopic (exact) mass is 932 g/mol. The van der Waals surface area contributed by atoms with Gasteiger partial charge in [-0.15, -0.1) is 0 Å². The highest BCUT2D eigenvalue weighted by Crippen LogP contribution is 2.46. The number of alkyl carbamates (subject to hydrolysis) is 1. The van der Waals surface area contributed by atoms with E-state index < -0.39 is 57.3 Å². The minimum absolute atomic E-state index is 0.00711. The zero-order chi connectivity index (χ0) is 49.9. The number of aromatic nitrogens is 3. The molecule has 0 saturated carbocycles. The number of nitro groups is 1. The van der Waals surface area contributed by atoms with Crippen molar-refractivity contribution in [2.75, 3.05) is 38.1 Å². The molecule has 2 atom stereocenters. The predicted octanol–water partition coefficient (Wildman–Crippen LogP) is 6.67. The quantitative estimate of drug-likeness (QED) is 0.0725. The fraction of sp³-hybridized carbons (Fsp3) is 0.500. The number of carbonyl (C=O) groups excluding carboxylic acids is 5. The number of rotatable bonds is 15. The Kier molecular flexibility index (Phi) is 14.9. The second-order valence-electron chi connectivity index (χ2n) is 20.1. The van der Waals surface area contributed by atoms with Crippen LogP contribution in [0.3, 0.4) is 0 Å². The van der Waals surface area contributed by atoms with Gasteiger partial charge in [-0.25, -0.2) is 9.36 Å². The highest BCUT2D eigenvalue weighted by molar-refractivity contribution is 6.20. The minimum Gasteiger partial charge on any atom is -0.444 e. The minimum atomic E-state index is -1.11. The number of nitriles is 1. The number of H-pyrrole nitrogens is 1. The summed E-state index contributed by atoms with van der Waals surface area (Å²) in [4.78, 5) is 89.7. The lowest BCUT2D eigenvalue weighted by molar-refractivity contribution is -0.396. The number of piperazine rings is 1. The maximum Gasteiger partial charge on any atom is 0.435 e. The predicted molar refractivity (Wildman–Crippen MR) is 258 cm³/mol. The number of hydrogen-bond donors (Lipinski definition) is 4. The van der Waals surface area contributed by atoms with Crippen molar-refractivity contribution in [1.29, 1.82) is 5.26 Å². The molecule has 0 radical (unpaired) electrons. The lowest BCUT2D eigenvalue weighted by atomic mass is 9.70. The number of aryl methyl sites for hydroxylation is 2. The van der Waals surface area contributed by atoms with E-state index in [-0.39, 0.29) is 37.5 Å². The number of amides is 4. The number of imidazole rings is 1. The van der Waals surface area contributed by atoms with Gasteiger partial charge in [-0.2, -0.15) is 5.26 Å². The number of benzene rings is 2. The van der Waals surface area contributed by atoms with E-state index in [4.69, 9.17) is 4.74 Å². The van der Waals surface area contributed by atoms with Gasteiger partial charge in [-0.1, -0.05) is 58.7 Å². The maximum atomic E-state index is 14.1. The second-order valence-corrected chi connectivity index (χ2v) is 20.1. The molecule has 1 saturated heterocycles. The van der Waals surface area contributed by atoms with E-state index in [1.165, 1.54) is 17.8 Å².